The summed E-state index contributed by atoms with van der Waals surface area (Å²) < 4.78 is 0. The number of nitro groups is 1. The van der Waals surface area contributed by atoms with Gasteiger partial charge in [0.1, 0.15) is 11.1 Å². The second-order valence-corrected chi connectivity index (χ2v) is 7.43. The molecule has 2 aromatic rings. The summed E-state index contributed by atoms with van der Waals surface area (Å²) in [7, 11) is 0. The number of para-hydroxylation sites is 1. The predicted molar refractivity (Wildman–Crippen MR) is 112 cm³/mol. The van der Waals surface area contributed by atoms with Gasteiger partial charge in [0, 0.05) is 17.3 Å². The highest BCUT2D eigenvalue weighted by Gasteiger charge is 2.23. The molecule has 0 bridgehead atoms. The Bertz CT molecular complexity index is 891. The first-order valence-corrected chi connectivity index (χ1v) is 10.2. The second kappa shape index (κ2) is 10.1. The molecule has 0 aromatic heterocycles. The van der Waals surface area contributed by atoms with Crippen LogP contribution in [0.1, 0.15) is 22.3 Å². The van der Waals surface area contributed by atoms with E-state index in [0.717, 1.165) is 11.6 Å². The van der Waals surface area contributed by atoms with Crippen molar-refractivity contribution in [1.29, 1.82) is 0 Å². The molecule has 0 saturated carbocycles. The number of nitro benzene ring substituents is 1. The number of hydrogen-bond acceptors (Lipinski definition) is 5. The van der Waals surface area contributed by atoms with Gasteiger partial charge in [-0.2, -0.15) is 11.8 Å². The molecule has 0 aliphatic carbocycles. The number of carbonyl (C=O) groups excluding carboxylic acids is 2. The van der Waals surface area contributed by atoms with E-state index < -0.39 is 16.9 Å². The van der Waals surface area contributed by atoms with E-state index in [9.17, 15) is 19.7 Å². The first kappa shape index (κ1) is 21.7. The number of aryl methyl sites for hydroxylation is 1. The highest BCUT2D eigenvalue weighted by Crippen LogP contribution is 2.25. The fraction of sp³-hybridized carbons (Fsp3) is 0.263. The fourth-order valence-electron chi connectivity index (χ4n) is 2.47. The number of nitrogens with zero attached hydrogens (tertiary/aromatic N) is 1. The zero-order valence-corrected chi connectivity index (χ0v) is 17.0. The molecule has 2 amide bonds. The number of amides is 2. The third kappa shape index (κ3) is 5.71. The number of nitrogens with one attached hydrogen (secondary N) is 2. The van der Waals surface area contributed by atoms with Crippen molar-refractivity contribution in [2.75, 3.05) is 17.3 Å². The lowest BCUT2D eigenvalue weighted by Crippen LogP contribution is -2.44. The van der Waals surface area contributed by atoms with E-state index in [1.54, 1.807) is 17.8 Å². The van der Waals surface area contributed by atoms with Crippen LogP contribution in [-0.4, -0.2) is 34.8 Å². The highest BCUT2D eigenvalue weighted by molar-refractivity contribution is 7.98. The minimum Gasteiger partial charge on any atom is -0.340 e. The number of anilines is 1. The molecular formula is C19H20ClN3O4S. The summed E-state index contributed by atoms with van der Waals surface area (Å²) in [5.41, 5.74) is 1.27. The maximum atomic E-state index is 12.7. The summed E-state index contributed by atoms with van der Waals surface area (Å²) in [5.74, 6) is -0.265. The molecule has 0 heterocycles. The van der Waals surface area contributed by atoms with Crippen molar-refractivity contribution in [3.63, 3.8) is 0 Å². The third-order valence-electron chi connectivity index (χ3n) is 4.04. The van der Waals surface area contributed by atoms with Gasteiger partial charge in [-0.15, -0.1) is 0 Å². The van der Waals surface area contributed by atoms with Gasteiger partial charge in [-0.3, -0.25) is 19.7 Å². The first-order valence-electron chi connectivity index (χ1n) is 8.43. The van der Waals surface area contributed by atoms with Gasteiger partial charge >= 0.3 is 0 Å². The average molecular weight is 422 g/mol. The summed E-state index contributed by atoms with van der Waals surface area (Å²) >= 11 is 7.34. The van der Waals surface area contributed by atoms with Gasteiger partial charge in [0.05, 0.1) is 4.92 Å². The smallest absolute Gasteiger partial charge is 0.288 e. The molecule has 1 atom stereocenters. The molecule has 0 aliphatic rings. The summed E-state index contributed by atoms with van der Waals surface area (Å²) in [6, 6.07) is 10.3. The molecule has 0 spiro atoms. The standard InChI is InChI=1S/C19H20ClN3O4S/c1-12-5-3-4-6-15(12)21-19(25)16(9-10-28-2)22-18(24)13-7-8-14(20)17(11-13)23(26)27/h3-8,11,16H,9-10H2,1-2H3,(H,21,25)(H,22,24)/t16-/m0/s1. The lowest BCUT2D eigenvalue weighted by atomic mass is 10.1. The maximum absolute atomic E-state index is 12.7. The predicted octanol–water partition coefficient (Wildman–Crippen LogP) is 4.05. The maximum Gasteiger partial charge on any atom is 0.288 e. The molecule has 0 fully saturated rings. The normalized spacial score (nSPS) is 11.5. The Morgan fingerprint density at radius 2 is 1.96 bits per heavy atom. The van der Waals surface area contributed by atoms with Gasteiger partial charge < -0.3 is 10.6 Å². The quantitative estimate of drug-likeness (QED) is 0.494. The molecule has 0 saturated heterocycles. The summed E-state index contributed by atoms with van der Waals surface area (Å²) in [6.45, 7) is 1.87. The van der Waals surface area contributed by atoms with E-state index in [1.807, 2.05) is 31.4 Å². The zero-order chi connectivity index (χ0) is 20.7. The fourth-order valence-corrected chi connectivity index (χ4v) is 3.13. The Labute approximate surface area is 172 Å². The van der Waals surface area contributed by atoms with Crippen LogP contribution in [0.3, 0.4) is 0 Å². The minimum atomic E-state index is -0.783. The van der Waals surface area contributed by atoms with Gasteiger partial charge in [0.25, 0.3) is 11.6 Å². The van der Waals surface area contributed by atoms with Crippen molar-refractivity contribution in [2.24, 2.45) is 0 Å². The number of hydrogen-bond donors (Lipinski definition) is 2. The average Bonchev–Trinajstić information content (AvgIpc) is 2.66. The zero-order valence-electron chi connectivity index (χ0n) is 15.4. The molecule has 7 nitrogen and oxygen atoms in total. The van der Waals surface area contributed by atoms with Crippen molar-refractivity contribution in [2.45, 2.75) is 19.4 Å². The van der Waals surface area contributed by atoms with Crippen LogP contribution in [0.2, 0.25) is 5.02 Å². The Hall–Kier alpha value is -2.58. The van der Waals surface area contributed by atoms with E-state index in [-0.39, 0.29) is 22.2 Å². The van der Waals surface area contributed by atoms with Gasteiger partial charge in [0.15, 0.2) is 0 Å². The van der Waals surface area contributed by atoms with Crippen LogP contribution in [0.5, 0.6) is 0 Å². The molecule has 0 aliphatic heterocycles. The molecule has 2 aromatic carbocycles. The topological polar surface area (TPSA) is 101 Å². The SMILES string of the molecule is CSCC[C@H](NC(=O)c1ccc(Cl)c([N+](=O)[O-])c1)C(=O)Nc1ccccc1C. The van der Waals surface area contributed by atoms with Crippen molar-refractivity contribution >= 4 is 46.6 Å². The number of rotatable bonds is 8. The van der Waals surface area contributed by atoms with Crippen molar-refractivity contribution in [1.82, 2.24) is 5.32 Å². The van der Waals surface area contributed by atoms with Crippen LogP contribution in [-0.2, 0) is 4.79 Å². The molecule has 9 heteroatoms. The van der Waals surface area contributed by atoms with Crippen LogP contribution in [0.25, 0.3) is 0 Å². The lowest BCUT2D eigenvalue weighted by molar-refractivity contribution is -0.384. The van der Waals surface area contributed by atoms with E-state index in [2.05, 4.69) is 10.6 Å². The van der Waals surface area contributed by atoms with Crippen LogP contribution >= 0.6 is 23.4 Å². The molecule has 28 heavy (non-hydrogen) atoms. The molecule has 0 radical (unpaired) electrons. The van der Waals surface area contributed by atoms with E-state index in [0.29, 0.717) is 17.9 Å². The summed E-state index contributed by atoms with van der Waals surface area (Å²) in [6.07, 6.45) is 2.32. The molecule has 148 valence electrons. The summed E-state index contributed by atoms with van der Waals surface area (Å²) in [5, 5.41) is 16.5. The Balaban J connectivity index is 2.18. The van der Waals surface area contributed by atoms with Crippen LogP contribution in [0, 0.1) is 17.0 Å². The number of thioether (sulfide) groups is 1. The Kier molecular flexibility index (Phi) is 7.83. The van der Waals surface area contributed by atoms with Gasteiger partial charge in [-0.25, -0.2) is 0 Å². The largest absolute Gasteiger partial charge is 0.340 e. The monoisotopic (exact) mass is 421 g/mol. The lowest BCUT2D eigenvalue weighted by Gasteiger charge is -2.19. The van der Waals surface area contributed by atoms with Crippen molar-refractivity contribution in [3.8, 4) is 0 Å². The number of halogens is 1. The summed E-state index contributed by atoms with van der Waals surface area (Å²) in [4.78, 5) is 35.6. The van der Waals surface area contributed by atoms with E-state index in [4.69, 9.17) is 11.6 Å². The molecule has 2 rings (SSSR count). The second-order valence-electron chi connectivity index (χ2n) is 6.03. The Morgan fingerprint density at radius 1 is 1.25 bits per heavy atom. The van der Waals surface area contributed by atoms with Gasteiger partial charge in [0.2, 0.25) is 5.91 Å². The molecular weight excluding hydrogens is 402 g/mol. The van der Waals surface area contributed by atoms with Crippen molar-refractivity contribution < 1.29 is 14.5 Å². The third-order valence-corrected chi connectivity index (χ3v) is 5.00. The van der Waals surface area contributed by atoms with E-state index in [1.165, 1.54) is 12.1 Å². The van der Waals surface area contributed by atoms with E-state index >= 15 is 0 Å². The molecule has 0 unspecified atom stereocenters. The van der Waals surface area contributed by atoms with Crippen LogP contribution < -0.4 is 10.6 Å². The minimum absolute atomic E-state index is 0.0576. The first-order chi connectivity index (χ1) is 13.3. The highest BCUT2D eigenvalue weighted by atomic mass is 35.5. The molecule has 2 N–H and O–H groups in total. The number of benzene rings is 2. The Morgan fingerprint density at radius 3 is 2.61 bits per heavy atom. The van der Waals surface area contributed by atoms with Crippen LogP contribution in [0.4, 0.5) is 11.4 Å². The number of carbonyl (C=O) groups is 2. The van der Waals surface area contributed by atoms with Gasteiger partial charge in [-0.1, -0.05) is 29.8 Å². The van der Waals surface area contributed by atoms with Crippen LogP contribution in [0.15, 0.2) is 42.5 Å². The van der Waals surface area contributed by atoms with Crippen molar-refractivity contribution in [3.05, 3.63) is 68.7 Å². The van der Waals surface area contributed by atoms with Gasteiger partial charge in [-0.05, 0) is 49.1 Å².